The van der Waals surface area contributed by atoms with Crippen LogP contribution in [0.3, 0.4) is 0 Å². The molecule has 0 unspecified atom stereocenters. The Labute approximate surface area is 143 Å². The van der Waals surface area contributed by atoms with Gasteiger partial charge in [0.2, 0.25) is 5.90 Å². The summed E-state index contributed by atoms with van der Waals surface area (Å²) < 4.78 is 10.1. The number of rotatable bonds is 3. The van der Waals surface area contributed by atoms with Gasteiger partial charge in [-0.3, -0.25) is 4.79 Å². The van der Waals surface area contributed by atoms with Gasteiger partial charge in [-0.05, 0) is 35.9 Å². The van der Waals surface area contributed by atoms with Gasteiger partial charge in [-0.15, -0.1) is 0 Å². The van der Waals surface area contributed by atoms with Crippen LogP contribution in [0.15, 0.2) is 59.2 Å². The third-order valence-electron chi connectivity index (χ3n) is 3.15. The van der Waals surface area contributed by atoms with E-state index in [2.05, 4.69) is 4.99 Å². The maximum Gasteiger partial charge on any atom is 0.363 e. The molecule has 5 nitrogen and oxygen atoms in total. The fourth-order valence-corrected chi connectivity index (χ4v) is 2.34. The molecular weight excluding hydrogens is 330 g/mol. The lowest BCUT2D eigenvalue weighted by Crippen LogP contribution is -2.05. The number of ether oxygens (including phenoxy) is 2. The SMILES string of the molecule is CC(=O)Oc1ccc(/C=C2\N=C(c3ccccc3)OC2=O)cc1Cl. The number of esters is 2. The topological polar surface area (TPSA) is 65.0 Å². The highest BCUT2D eigenvalue weighted by atomic mass is 35.5. The molecule has 0 aliphatic carbocycles. The number of benzene rings is 2. The Morgan fingerprint density at radius 3 is 2.62 bits per heavy atom. The number of carbonyl (C=O) groups is 2. The largest absolute Gasteiger partial charge is 0.425 e. The third kappa shape index (κ3) is 3.52. The quantitative estimate of drug-likeness (QED) is 0.486. The molecule has 1 aliphatic heterocycles. The van der Waals surface area contributed by atoms with Gasteiger partial charge in [-0.25, -0.2) is 9.79 Å². The van der Waals surface area contributed by atoms with Crippen LogP contribution >= 0.6 is 11.6 Å². The van der Waals surface area contributed by atoms with E-state index in [0.717, 1.165) is 5.56 Å². The van der Waals surface area contributed by atoms with Crippen molar-refractivity contribution in [2.75, 3.05) is 0 Å². The second-order valence-corrected chi connectivity index (χ2v) is 5.39. The van der Waals surface area contributed by atoms with Crippen molar-refractivity contribution >= 4 is 35.5 Å². The predicted molar refractivity (Wildman–Crippen MR) is 89.8 cm³/mol. The van der Waals surface area contributed by atoms with Crippen LogP contribution in [0, 0.1) is 0 Å². The molecule has 0 N–H and O–H groups in total. The van der Waals surface area contributed by atoms with Crippen molar-refractivity contribution in [3.63, 3.8) is 0 Å². The minimum absolute atomic E-state index is 0.171. The van der Waals surface area contributed by atoms with Crippen molar-refractivity contribution in [3.8, 4) is 5.75 Å². The summed E-state index contributed by atoms with van der Waals surface area (Å²) in [7, 11) is 0. The van der Waals surface area contributed by atoms with E-state index in [9.17, 15) is 9.59 Å². The first-order chi connectivity index (χ1) is 11.5. The summed E-state index contributed by atoms with van der Waals surface area (Å²) in [4.78, 5) is 27.1. The van der Waals surface area contributed by atoms with Crippen LogP contribution in [0.5, 0.6) is 5.75 Å². The zero-order chi connectivity index (χ0) is 17.1. The van der Waals surface area contributed by atoms with Gasteiger partial charge < -0.3 is 9.47 Å². The van der Waals surface area contributed by atoms with Crippen LogP contribution < -0.4 is 4.74 Å². The number of aliphatic imine (C=N–C) groups is 1. The zero-order valence-corrected chi connectivity index (χ0v) is 13.4. The zero-order valence-electron chi connectivity index (χ0n) is 12.7. The summed E-state index contributed by atoms with van der Waals surface area (Å²) >= 11 is 6.06. The van der Waals surface area contributed by atoms with E-state index in [1.54, 1.807) is 36.4 Å². The fraction of sp³-hybridized carbons (Fsp3) is 0.0556. The van der Waals surface area contributed by atoms with Crippen LogP contribution in [0.4, 0.5) is 0 Å². The highest BCUT2D eigenvalue weighted by Crippen LogP contribution is 2.27. The minimum Gasteiger partial charge on any atom is -0.425 e. The highest BCUT2D eigenvalue weighted by Gasteiger charge is 2.24. The Hall–Kier alpha value is -2.92. The number of cyclic esters (lactones) is 1. The van der Waals surface area contributed by atoms with E-state index < -0.39 is 11.9 Å². The molecule has 0 spiro atoms. The summed E-state index contributed by atoms with van der Waals surface area (Å²) in [6, 6.07) is 13.9. The van der Waals surface area contributed by atoms with E-state index in [1.807, 2.05) is 18.2 Å². The molecule has 0 atom stereocenters. The molecule has 2 aromatic rings. The van der Waals surface area contributed by atoms with E-state index >= 15 is 0 Å². The highest BCUT2D eigenvalue weighted by molar-refractivity contribution is 6.32. The number of halogens is 1. The average Bonchev–Trinajstić information content (AvgIpc) is 2.91. The lowest BCUT2D eigenvalue weighted by Gasteiger charge is -2.04. The lowest BCUT2D eigenvalue weighted by molar-refractivity contribution is -0.132. The molecule has 0 saturated carbocycles. The van der Waals surface area contributed by atoms with Gasteiger partial charge in [0.05, 0.1) is 5.02 Å². The van der Waals surface area contributed by atoms with Crippen LogP contribution in [-0.4, -0.2) is 17.8 Å². The van der Waals surface area contributed by atoms with Crippen molar-refractivity contribution in [1.82, 2.24) is 0 Å². The molecule has 0 fully saturated rings. The maximum absolute atomic E-state index is 12.0. The van der Waals surface area contributed by atoms with Gasteiger partial charge in [0.25, 0.3) is 0 Å². The smallest absolute Gasteiger partial charge is 0.363 e. The number of nitrogens with zero attached hydrogens (tertiary/aromatic N) is 1. The standard InChI is InChI=1S/C18H12ClNO4/c1-11(21)23-16-8-7-12(9-14(16)19)10-15-18(22)24-17(20-15)13-5-3-2-4-6-13/h2-10H,1H3/b15-10-. The second kappa shape index (κ2) is 6.68. The van der Waals surface area contributed by atoms with Crippen molar-refractivity contribution in [2.24, 2.45) is 4.99 Å². The predicted octanol–water partition coefficient (Wildman–Crippen LogP) is 3.61. The summed E-state index contributed by atoms with van der Waals surface area (Å²) in [6.07, 6.45) is 1.56. The van der Waals surface area contributed by atoms with E-state index in [1.165, 1.54) is 6.92 Å². The Morgan fingerprint density at radius 1 is 1.21 bits per heavy atom. The van der Waals surface area contributed by atoms with Gasteiger partial charge >= 0.3 is 11.9 Å². The second-order valence-electron chi connectivity index (χ2n) is 4.99. The summed E-state index contributed by atoms with van der Waals surface area (Å²) in [5.74, 6) is -0.475. The van der Waals surface area contributed by atoms with Crippen molar-refractivity contribution in [2.45, 2.75) is 6.92 Å². The van der Waals surface area contributed by atoms with E-state index in [0.29, 0.717) is 5.56 Å². The molecule has 3 rings (SSSR count). The van der Waals surface area contributed by atoms with Crippen molar-refractivity contribution in [1.29, 1.82) is 0 Å². The molecule has 120 valence electrons. The molecule has 24 heavy (non-hydrogen) atoms. The molecule has 1 aliphatic rings. The molecule has 0 radical (unpaired) electrons. The Morgan fingerprint density at radius 2 is 1.96 bits per heavy atom. The number of hydrogen-bond donors (Lipinski definition) is 0. The lowest BCUT2D eigenvalue weighted by atomic mass is 10.2. The van der Waals surface area contributed by atoms with Gasteiger partial charge in [-0.1, -0.05) is 35.9 Å². The van der Waals surface area contributed by atoms with Crippen LogP contribution in [0.1, 0.15) is 18.1 Å². The molecule has 0 bridgehead atoms. The Balaban J connectivity index is 1.88. The summed E-state index contributed by atoms with van der Waals surface area (Å²) in [5, 5.41) is 0.262. The fourth-order valence-electron chi connectivity index (χ4n) is 2.12. The summed E-state index contributed by atoms with van der Waals surface area (Å²) in [5.41, 5.74) is 1.53. The number of carbonyl (C=O) groups excluding carboxylic acids is 2. The van der Waals surface area contributed by atoms with E-state index in [-0.39, 0.29) is 22.4 Å². The molecule has 0 amide bonds. The van der Waals surface area contributed by atoms with E-state index in [4.69, 9.17) is 21.1 Å². The van der Waals surface area contributed by atoms with Crippen molar-refractivity contribution in [3.05, 3.63) is 70.4 Å². The molecular formula is C18H12ClNO4. The first kappa shape index (κ1) is 16.0. The first-order valence-electron chi connectivity index (χ1n) is 7.09. The maximum atomic E-state index is 12.0. The van der Waals surface area contributed by atoms with Crippen molar-refractivity contribution < 1.29 is 19.1 Å². The van der Waals surface area contributed by atoms with Gasteiger partial charge in [0.15, 0.2) is 5.70 Å². The Kier molecular flexibility index (Phi) is 4.44. The molecule has 0 saturated heterocycles. The van der Waals surface area contributed by atoms with Gasteiger partial charge in [0.1, 0.15) is 5.75 Å². The Bertz CT molecular complexity index is 872. The first-order valence-corrected chi connectivity index (χ1v) is 7.46. The van der Waals surface area contributed by atoms with Gasteiger partial charge in [-0.2, -0.15) is 0 Å². The normalized spacial score (nSPS) is 15.2. The summed E-state index contributed by atoms with van der Waals surface area (Å²) in [6.45, 7) is 1.29. The third-order valence-corrected chi connectivity index (χ3v) is 3.45. The molecule has 1 heterocycles. The van der Waals surface area contributed by atoms with Crippen LogP contribution in [0.25, 0.3) is 6.08 Å². The van der Waals surface area contributed by atoms with Crippen LogP contribution in [-0.2, 0) is 14.3 Å². The average molecular weight is 342 g/mol. The van der Waals surface area contributed by atoms with Gasteiger partial charge in [0, 0.05) is 12.5 Å². The monoisotopic (exact) mass is 341 g/mol. The molecule has 2 aromatic carbocycles. The number of hydrogen-bond acceptors (Lipinski definition) is 5. The molecule has 6 heteroatoms. The minimum atomic E-state index is -0.533. The molecule has 0 aromatic heterocycles. The van der Waals surface area contributed by atoms with Crippen LogP contribution in [0.2, 0.25) is 5.02 Å².